The minimum atomic E-state index is -3.63. The number of fused-ring (bicyclic) bond motifs is 2. The lowest BCUT2D eigenvalue weighted by Gasteiger charge is -2.02. The van der Waals surface area contributed by atoms with Crippen LogP contribution >= 0.6 is 11.3 Å². The molecule has 0 amide bonds. The van der Waals surface area contributed by atoms with Crippen molar-refractivity contribution < 1.29 is 12.9 Å². The van der Waals surface area contributed by atoms with Crippen LogP contribution in [0.4, 0.5) is 5.13 Å². The van der Waals surface area contributed by atoms with Crippen LogP contribution < -0.4 is 4.72 Å². The second-order valence-corrected chi connectivity index (χ2v) is 8.23. The number of rotatable bonds is 4. The van der Waals surface area contributed by atoms with Gasteiger partial charge in [-0.25, -0.2) is 13.4 Å². The molecule has 6 nitrogen and oxygen atoms in total. The van der Waals surface area contributed by atoms with Crippen LogP contribution in [0.25, 0.3) is 21.2 Å². The average Bonchev–Trinajstić information content (AvgIpc) is 3.10. The molecule has 2 aromatic heterocycles. The van der Waals surface area contributed by atoms with Crippen molar-refractivity contribution in [2.45, 2.75) is 12.7 Å². The van der Waals surface area contributed by atoms with Crippen LogP contribution in [0.15, 0.2) is 47.0 Å². The Balaban J connectivity index is 1.62. The number of hydrogen-bond acceptors (Lipinski definition) is 6. The Labute approximate surface area is 142 Å². The number of benzene rings is 2. The molecule has 0 aliphatic rings. The number of thiazole rings is 1. The first-order valence-corrected chi connectivity index (χ1v) is 9.68. The summed E-state index contributed by atoms with van der Waals surface area (Å²) >= 11 is 1.31. The summed E-state index contributed by atoms with van der Waals surface area (Å²) in [6, 6.07) is 13.0. The fourth-order valence-corrected chi connectivity index (χ4v) is 4.78. The van der Waals surface area contributed by atoms with Gasteiger partial charge in [-0.05, 0) is 36.8 Å². The third-order valence-electron chi connectivity index (χ3n) is 3.57. The number of hydrogen-bond donors (Lipinski definition) is 1. The monoisotopic (exact) mass is 359 g/mol. The number of para-hydroxylation sites is 1. The maximum absolute atomic E-state index is 12.4. The maximum Gasteiger partial charge on any atom is 0.240 e. The van der Waals surface area contributed by atoms with Crippen LogP contribution in [-0.2, 0) is 15.8 Å². The first-order chi connectivity index (χ1) is 11.5. The number of sulfonamides is 1. The zero-order chi connectivity index (χ0) is 16.7. The van der Waals surface area contributed by atoms with Gasteiger partial charge in [-0.2, -0.15) is 0 Å². The topological polar surface area (TPSA) is 85.1 Å². The van der Waals surface area contributed by atoms with Gasteiger partial charge in [-0.1, -0.05) is 34.7 Å². The Bertz CT molecular complexity index is 1150. The molecule has 4 rings (SSSR count). The molecule has 2 heterocycles. The SMILES string of the molecule is Cc1ccc2nc(NS(=O)(=O)Cc3noc4ccccc34)sc2c1. The lowest BCUT2D eigenvalue weighted by molar-refractivity contribution is 0.448. The first kappa shape index (κ1) is 15.1. The van der Waals surface area contributed by atoms with Crippen LogP contribution in [0.5, 0.6) is 0 Å². The maximum atomic E-state index is 12.4. The van der Waals surface area contributed by atoms with Gasteiger partial charge in [0.05, 0.1) is 10.2 Å². The quantitative estimate of drug-likeness (QED) is 0.601. The van der Waals surface area contributed by atoms with Gasteiger partial charge in [0.15, 0.2) is 10.7 Å². The third kappa shape index (κ3) is 2.85. The lowest BCUT2D eigenvalue weighted by atomic mass is 10.2. The second-order valence-electron chi connectivity index (χ2n) is 5.48. The van der Waals surface area contributed by atoms with Gasteiger partial charge in [0.1, 0.15) is 11.4 Å². The van der Waals surface area contributed by atoms with Crippen molar-refractivity contribution in [2.24, 2.45) is 0 Å². The lowest BCUT2D eigenvalue weighted by Crippen LogP contribution is -2.15. The zero-order valence-corrected chi connectivity index (χ0v) is 14.3. The molecule has 0 fully saturated rings. The molecule has 0 unspecified atom stereocenters. The van der Waals surface area contributed by atoms with Gasteiger partial charge in [0, 0.05) is 5.39 Å². The highest BCUT2D eigenvalue weighted by molar-refractivity contribution is 7.92. The highest BCUT2D eigenvalue weighted by Crippen LogP contribution is 2.28. The van der Waals surface area contributed by atoms with Gasteiger partial charge < -0.3 is 4.52 Å². The van der Waals surface area contributed by atoms with Crippen LogP contribution in [0.2, 0.25) is 0 Å². The van der Waals surface area contributed by atoms with Gasteiger partial charge in [0.25, 0.3) is 0 Å². The Morgan fingerprint density at radius 3 is 2.92 bits per heavy atom. The van der Waals surface area contributed by atoms with E-state index in [2.05, 4.69) is 14.9 Å². The van der Waals surface area contributed by atoms with Gasteiger partial charge in [-0.3, -0.25) is 4.72 Å². The summed E-state index contributed by atoms with van der Waals surface area (Å²) in [4.78, 5) is 4.32. The normalized spacial score (nSPS) is 12.0. The van der Waals surface area contributed by atoms with Crippen LogP contribution in [-0.4, -0.2) is 18.6 Å². The Morgan fingerprint density at radius 2 is 2.04 bits per heavy atom. The summed E-state index contributed by atoms with van der Waals surface area (Å²) in [5, 5.41) is 4.91. The second kappa shape index (κ2) is 5.57. The molecule has 24 heavy (non-hydrogen) atoms. The van der Waals surface area contributed by atoms with Crippen LogP contribution in [0.3, 0.4) is 0 Å². The summed E-state index contributed by atoms with van der Waals surface area (Å²) in [6.45, 7) is 1.98. The van der Waals surface area contributed by atoms with E-state index in [-0.39, 0.29) is 5.75 Å². The first-order valence-electron chi connectivity index (χ1n) is 7.21. The van der Waals surface area contributed by atoms with Crippen molar-refractivity contribution in [2.75, 3.05) is 4.72 Å². The fraction of sp³-hybridized carbons (Fsp3) is 0.125. The number of nitrogens with one attached hydrogen (secondary N) is 1. The van der Waals surface area contributed by atoms with Crippen molar-refractivity contribution in [3.63, 3.8) is 0 Å². The zero-order valence-electron chi connectivity index (χ0n) is 12.7. The molecule has 0 spiro atoms. The van der Waals surface area contributed by atoms with Gasteiger partial charge in [-0.15, -0.1) is 0 Å². The Kier molecular flexibility index (Phi) is 3.50. The summed E-state index contributed by atoms with van der Waals surface area (Å²) < 4.78 is 33.5. The highest BCUT2D eigenvalue weighted by Gasteiger charge is 2.19. The standard InChI is InChI=1S/C16H13N3O3S2/c1-10-6-7-12-15(8-10)23-16(17-12)19-24(20,21)9-13-11-4-2-3-5-14(11)22-18-13/h2-8H,9H2,1H3,(H,17,19). The van der Waals surface area contributed by atoms with Crippen molar-refractivity contribution in [1.82, 2.24) is 10.1 Å². The van der Waals surface area contributed by atoms with E-state index < -0.39 is 10.0 Å². The van der Waals surface area contributed by atoms with E-state index in [0.29, 0.717) is 21.8 Å². The number of aromatic nitrogens is 2. The molecular formula is C16H13N3O3S2. The molecule has 0 saturated carbocycles. The Morgan fingerprint density at radius 1 is 1.21 bits per heavy atom. The van der Waals surface area contributed by atoms with E-state index in [1.165, 1.54) is 11.3 Å². The largest absolute Gasteiger partial charge is 0.356 e. The van der Waals surface area contributed by atoms with Crippen molar-refractivity contribution >= 4 is 47.7 Å². The molecular weight excluding hydrogens is 346 g/mol. The predicted octanol–water partition coefficient (Wildman–Crippen LogP) is 3.69. The molecule has 122 valence electrons. The number of anilines is 1. The van der Waals surface area contributed by atoms with Gasteiger partial charge in [0.2, 0.25) is 10.0 Å². The molecule has 0 atom stereocenters. The van der Waals surface area contributed by atoms with E-state index in [1.807, 2.05) is 37.3 Å². The fourth-order valence-electron chi connectivity index (χ4n) is 2.47. The molecule has 0 saturated heterocycles. The van der Waals surface area contributed by atoms with E-state index in [4.69, 9.17) is 4.52 Å². The van der Waals surface area contributed by atoms with Crippen LogP contribution in [0.1, 0.15) is 11.3 Å². The molecule has 1 N–H and O–H groups in total. The van der Waals surface area contributed by atoms with Crippen molar-refractivity contribution in [3.05, 3.63) is 53.7 Å². The summed E-state index contributed by atoms with van der Waals surface area (Å²) in [7, 11) is -3.63. The molecule has 0 aliphatic carbocycles. The van der Waals surface area contributed by atoms with Gasteiger partial charge >= 0.3 is 0 Å². The minimum absolute atomic E-state index is 0.265. The van der Waals surface area contributed by atoms with Crippen LogP contribution in [0, 0.1) is 6.92 Å². The molecule has 8 heteroatoms. The van der Waals surface area contributed by atoms with E-state index in [1.54, 1.807) is 12.1 Å². The molecule has 0 bridgehead atoms. The van der Waals surface area contributed by atoms with E-state index >= 15 is 0 Å². The predicted molar refractivity (Wildman–Crippen MR) is 94.6 cm³/mol. The average molecular weight is 359 g/mol. The summed E-state index contributed by atoms with van der Waals surface area (Å²) in [5.41, 5.74) is 2.83. The number of aryl methyl sites for hydroxylation is 1. The minimum Gasteiger partial charge on any atom is -0.356 e. The summed E-state index contributed by atoms with van der Waals surface area (Å²) in [6.07, 6.45) is 0. The van der Waals surface area contributed by atoms with Crippen molar-refractivity contribution in [1.29, 1.82) is 0 Å². The van der Waals surface area contributed by atoms with E-state index in [9.17, 15) is 8.42 Å². The third-order valence-corrected chi connectivity index (χ3v) is 5.79. The molecule has 2 aromatic carbocycles. The van der Waals surface area contributed by atoms with Crippen molar-refractivity contribution in [3.8, 4) is 0 Å². The van der Waals surface area contributed by atoms with E-state index in [0.717, 1.165) is 15.8 Å². The molecule has 0 aliphatic heterocycles. The molecule has 0 radical (unpaired) electrons. The number of nitrogens with zero attached hydrogens (tertiary/aromatic N) is 2. The Hall–Kier alpha value is -2.45. The molecule has 4 aromatic rings. The highest BCUT2D eigenvalue weighted by atomic mass is 32.2. The smallest absolute Gasteiger partial charge is 0.240 e. The summed E-state index contributed by atoms with van der Waals surface area (Å²) in [5.74, 6) is -0.265.